The third-order valence-electron chi connectivity index (χ3n) is 4.47. The van der Waals surface area contributed by atoms with Crippen LogP contribution in [0.5, 0.6) is 0 Å². The molecular weight excluding hydrogens is 326 g/mol. The van der Waals surface area contributed by atoms with E-state index in [0.29, 0.717) is 23.8 Å². The molecule has 7 heteroatoms. The van der Waals surface area contributed by atoms with Gasteiger partial charge in [-0.3, -0.25) is 14.9 Å². The molecule has 1 saturated heterocycles. The summed E-state index contributed by atoms with van der Waals surface area (Å²) in [7, 11) is 0. The van der Waals surface area contributed by atoms with E-state index in [1.165, 1.54) is 15.8 Å². The van der Waals surface area contributed by atoms with E-state index in [4.69, 9.17) is 0 Å². The van der Waals surface area contributed by atoms with Crippen LogP contribution in [0.4, 0.5) is 11.4 Å². The molecule has 6 nitrogen and oxygen atoms in total. The number of carbonyl (C=O) groups is 1. The summed E-state index contributed by atoms with van der Waals surface area (Å²) in [5, 5.41) is 16.0. The molecule has 1 fully saturated rings. The third kappa shape index (κ3) is 3.47. The van der Waals surface area contributed by atoms with Crippen molar-refractivity contribution < 1.29 is 14.6 Å². The minimum Gasteiger partial charge on any atom is -0.320 e. The molecule has 1 aromatic heterocycles. The van der Waals surface area contributed by atoms with Crippen LogP contribution in [-0.2, 0) is 4.79 Å². The Morgan fingerprint density at radius 2 is 2.25 bits per heavy atom. The third-order valence-corrected chi connectivity index (χ3v) is 5.46. The minimum absolute atomic E-state index is 0.0606. The highest BCUT2D eigenvalue weighted by atomic mass is 32.1. The van der Waals surface area contributed by atoms with Crippen molar-refractivity contribution in [3.63, 3.8) is 0 Å². The first-order valence-electron chi connectivity index (χ1n) is 7.98. The van der Waals surface area contributed by atoms with Gasteiger partial charge < -0.3 is 10.2 Å². The average molecular weight is 346 g/mol. The van der Waals surface area contributed by atoms with Gasteiger partial charge in [-0.05, 0) is 23.9 Å². The molecule has 0 bridgehead atoms. The Hall–Kier alpha value is -2.25. The zero-order valence-corrected chi connectivity index (χ0v) is 14.3. The molecule has 1 aliphatic heterocycles. The zero-order valence-electron chi connectivity index (χ0n) is 13.5. The molecule has 2 heterocycles. The molecular formula is C17H20N3O3S+. The van der Waals surface area contributed by atoms with Gasteiger partial charge in [-0.15, -0.1) is 11.3 Å². The van der Waals surface area contributed by atoms with Crippen LogP contribution in [0.1, 0.15) is 29.3 Å². The number of nitro benzene ring substituents is 1. The number of nitrogens with one attached hydrogen (secondary N) is 2. The van der Waals surface area contributed by atoms with Gasteiger partial charge in [-0.1, -0.05) is 18.2 Å². The van der Waals surface area contributed by atoms with Gasteiger partial charge in [0.05, 0.1) is 16.3 Å². The Labute approximate surface area is 144 Å². The Balaban J connectivity index is 1.71. The SMILES string of the molecule is Cc1cccc([N+](=O)[O-])c1NC(=O)C[NH+]1CCC[C@@H]1c1cccs1. The van der Waals surface area contributed by atoms with E-state index in [9.17, 15) is 14.9 Å². The van der Waals surface area contributed by atoms with Crippen molar-refractivity contribution in [3.8, 4) is 0 Å². The van der Waals surface area contributed by atoms with Gasteiger partial charge in [0.1, 0.15) is 11.7 Å². The summed E-state index contributed by atoms with van der Waals surface area (Å²) in [5.74, 6) is -0.175. The highest BCUT2D eigenvalue weighted by Gasteiger charge is 2.32. The number of carbonyl (C=O) groups excluding carboxylic acids is 1. The number of hydrogen-bond acceptors (Lipinski definition) is 4. The monoisotopic (exact) mass is 346 g/mol. The maximum Gasteiger partial charge on any atom is 0.293 e. The number of para-hydroxylation sites is 1. The second-order valence-electron chi connectivity index (χ2n) is 6.07. The number of benzene rings is 1. The first-order chi connectivity index (χ1) is 11.6. The van der Waals surface area contributed by atoms with E-state index < -0.39 is 4.92 Å². The summed E-state index contributed by atoms with van der Waals surface area (Å²) in [6.07, 6.45) is 2.17. The van der Waals surface area contributed by atoms with Crippen molar-refractivity contribution in [1.82, 2.24) is 0 Å². The van der Waals surface area contributed by atoms with E-state index in [0.717, 1.165) is 19.4 Å². The molecule has 1 aliphatic rings. The van der Waals surface area contributed by atoms with E-state index in [2.05, 4.69) is 16.8 Å². The van der Waals surface area contributed by atoms with Gasteiger partial charge >= 0.3 is 0 Å². The number of nitrogens with zero attached hydrogens (tertiary/aromatic N) is 1. The minimum atomic E-state index is -0.459. The molecule has 2 N–H and O–H groups in total. The number of nitro groups is 1. The molecule has 2 atom stereocenters. The van der Waals surface area contributed by atoms with Gasteiger partial charge in [0.25, 0.3) is 11.6 Å². The highest BCUT2D eigenvalue weighted by Crippen LogP contribution is 2.27. The van der Waals surface area contributed by atoms with Crippen molar-refractivity contribution in [3.05, 3.63) is 56.3 Å². The standard InChI is InChI=1S/C17H19N3O3S/c1-12-5-2-6-14(20(22)23)17(12)18-16(21)11-19-9-3-7-13(19)15-8-4-10-24-15/h2,4-6,8,10,13H,3,7,9,11H2,1H3,(H,18,21)/p+1/t13-/m1/s1. The first-order valence-corrected chi connectivity index (χ1v) is 8.86. The molecule has 24 heavy (non-hydrogen) atoms. The molecule has 0 spiro atoms. The van der Waals surface area contributed by atoms with Gasteiger partial charge in [0, 0.05) is 18.9 Å². The maximum atomic E-state index is 12.5. The number of hydrogen-bond donors (Lipinski definition) is 2. The number of aryl methyl sites for hydroxylation is 1. The first kappa shape index (κ1) is 16.6. The van der Waals surface area contributed by atoms with Crippen LogP contribution in [0, 0.1) is 17.0 Å². The molecule has 1 aromatic carbocycles. The van der Waals surface area contributed by atoms with Crippen LogP contribution in [0.2, 0.25) is 0 Å². The molecule has 0 aliphatic carbocycles. The van der Waals surface area contributed by atoms with Gasteiger partial charge in [0.15, 0.2) is 6.54 Å². The van der Waals surface area contributed by atoms with E-state index in [1.807, 2.05) is 6.07 Å². The smallest absolute Gasteiger partial charge is 0.293 e. The summed E-state index contributed by atoms with van der Waals surface area (Å²) >= 11 is 1.72. The second kappa shape index (κ2) is 7.11. The quantitative estimate of drug-likeness (QED) is 0.644. The molecule has 126 valence electrons. The largest absolute Gasteiger partial charge is 0.320 e. The fourth-order valence-electron chi connectivity index (χ4n) is 3.31. The highest BCUT2D eigenvalue weighted by molar-refractivity contribution is 7.10. The molecule has 1 unspecified atom stereocenters. The van der Waals surface area contributed by atoms with Crippen molar-refractivity contribution >= 4 is 28.6 Å². The summed E-state index contributed by atoms with van der Waals surface area (Å²) in [4.78, 5) is 25.7. The number of quaternary nitrogens is 1. The molecule has 3 rings (SSSR count). The number of rotatable bonds is 5. The lowest BCUT2D eigenvalue weighted by atomic mass is 10.1. The predicted molar refractivity (Wildman–Crippen MR) is 93.5 cm³/mol. The Bertz CT molecular complexity index is 746. The lowest BCUT2D eigenvalue weighted by Crippen LogP contribution is -3.11. The van der Waals surface area contributed by atoms with Crippen LogP contribution in [0.3, 0.4) is 0 Å². The lowest BCUT2D eigenvalue weighted by molar-refractivity contribution is -0.910. The molecule has 2 aromatic rings. The normalized spacial score (nSPS) is 20.0. The van der Waals surface area contributed by atoms with Gasteiger partial charge in [-0.2, -0.15) is 0 Å². The van der Waals surface area contributed by atoms with Crippen molar-refractivity contribution in [1.29, 1.82) is 0 Å². The summed E-state index contributed by atoms with van der Waals surface area (Å²) in [5.41, 5.74) is 0.942. The van der Waals surface area contributed by atoms with E-state index >= 15 is 0 Å². The number of amides is 1. The van der Waals surface area contributed by atoms with Crippen LogP contribution in [0.15, 0.2) is 35.7 Å². The van der Waals surface area contributed by atoms with E-state index in [-0.39, 0.29) is 11.6 Å². The topological polar surface area (TPSA) is 76.7 Å². The maximum absolute atomic E-state index is 12.5. The zero-order chi connectivity index (χ0) is 17.1. The van der Waals surface area contributed by atoms with Gasteiger partial charge in [-0.25, -0.2) is 0 Å². The van der Waals surface area contributed by atoms with Crippen LogP contribution < -0.4 is 10.2 Å². The van der Waals surface area contributed by atoms with Crippen molar-refractivity contribution in [2.75, 3.05) is 18.4 Å². The summed E-state index contributed by atoms with van der Waals surface area (Å²) < 4.78 is 0. The Morgan fingerprint density at radius 1 is 1.42 bits per heavy atom. The van der Waals surface area contributed by atoms with Crippen molar-refractivity contribution in [2.24, 2.45) is 0 Å². The van der Waals surface area contributed by atoms with Gasteiger partial charge in [0.2, 0.25) is 0 Å². The summed E-state index contributed by atoms with van der Waals surface area (Å²) in [6.45, 7) is 3.04. The van der Waals surface area contributed by atoms with Crippen LogP contribution in [0.25, 0.3) is 0 Å². The van der Waals surface area contributed by atoms with E-state index in [1.54, 1.807) is 30.4 Å². The predicted octanol–water partition coefficient (Wildman–Crippen LogP) is 2.32. The van der Waals surface area contributed by atoms with Crippen molar-refractivity contribution in [2.45, 2.75) is 25.8 Å². The molecule has 0 radical (unpaired) electrons. The Kier molecular flexibility index (Phi) is 4.92. The Morgan fingerprint density at radius 3 is 2.96 bits per heavy atom. The lowest BCUT2D eigenvalue weighted by Gasteiger charge is -2.20. The average Bonchev–Trinajstić information content (AvgIpc) is 3.19. The second-order valence-corrected chi connectivity index (χ2v) is 7.05. The molecule has 1 amide bonds. The summed E-state index contributed by atoms with van der Waals surface area (Å²) in [6, 6.07) is 9.31. The number of thiophene rings is 1. The fourth-order valence-corrected chi connectivity index (χ4v) is 4.23. The van der Waals surface area contributed by atoms with Crippen LogP contribution >= 0.6 is 11.3 Å². The van der Waals surface area contributed by atoms with Crippen LogP contribution in [-0.4, -0.2) is 23.9 Å². The number of likely N-dealkylation sites (tertiary alicyclic amines) is 1. The number of anilines is 1. The molecule has 0 saturated carbocycles. The fraction of sp³-hybridized carbons (Fsp3) is 0.353.